The number of aliphatic hydroxyl groups excluding tert-OH is 1. The fourth-order valence-electron chi connectivity index (χ4n) is 1.07. The molecule has 1 rings (SSSR count). The number of thioether (sulfide) groups is 1. The van der Waals surface area contributed by atoms with Gasteiger partial charge in [0, 0.05) is 5.25 Å². The number of hydrogen-bond acceptors (Lipinski definition) is 4. The highest BCUT2D eigenvalue weighted by Gasteiger charge is 2.21. The standard InChI is InChI=1S/C10H12ClNO3S/c1-6(13)7(2)16-9-5-3-4-8(11)10(9)12(14)15/h3-7,13H,1-2H3. The minimum Gasteiger partial charge on any atom is -0.392 e. The average Bonchev–Trinajstić information content (AvgIpc) is 2.16. The van der Waals surface area contributed by atoms with Crippen molar-refractivity contribution >= 4 is 29.1 Å². The summed E-state index contributed by atoms with van der Waals surface area (Å²) in [4.78, 5) is 10.8. The maximum absolute atomic E-state index is 10.8. The van der Waals surface area contributed by atoms with Crippen LogP contribution in [0.3, 0.4) is 0 Å². The van der Waals surface area contributed by atoms with E-state index in [9.17, 15) is 15.2 Å². The van der Waals surface area contributed by atoms with Gasteiger partial charge in [-0.15, -0.1) is 11.8 Å². The van der Waals surface area contributed by atoms with Crippen molar-refractivity contribution in [1.29, 1.82) is 0 Å². The molecule has 0 radical (unpaired) electrons. The molecule has 1 aromatic carbocycles. The SMILES string of the molecule is CC(O)C(C)Sc1cccc(Cl)c1[N+](=O)[O-]. The molecule has 0 amide bonds. The average molecular weight is 262 g/mol. The van der Waals surface area contributed by atoms with Crippen LogP contribution in [0.15, 0.2) is 23.1 Å². The van der Waals surface area contributed by atoms with Gasteiger partial charge in [-0.3, -0.25) is 10.1 Å². The third kappa shape index (κ3) is 3.10. The van der Waals surface area contributed by atoms with Crippen molar-refractivity contribution in [3.63, 3.8) is 0 Å². The summed E-state index contributed by atoms with van der Waals surface area (Å²) in [5.41, 5.74) is -0.0957. The van der Waals surface area contributed by atoms with Gasteiger partial charge >= 0.3 is 5.69 Å². The largest absolute Gasteiger partial charge is 0.392 e. The predicted octanol–water partition coefficient (Wildman–Crippen LogP) is 3.11. The molecule has 0 spiro atoms. The molecule has 6 heteroatoms. The van der Waals surface area contributed by atoms with E-state index in [-0.39, 0.29) is 16.0 Å². The summed E-state index contributed by atoms with van der Waals surface area (Å²) < 4.78 is 0. The van der Waals surface area contributed by atoms with E-state index in [1.165, 1.54) is 17.8 Å². The van der Waals surface area contributed by atoms with Crippen LogP contribution in [0.4, 0.5) is 5.69 Å². The number of hydrogen-bond donors (Lipinski definition) is 1. The first kappa shape index (κ1) is 13.3. The zero-order valence-corrected chi connectivity index (χ0v) is 10.5. The Balaban J connectivity index is 3.04. The number of halogens is 1. The number of benzene rings is 1. The summed E-state index contributed by atoms with van der Waals surface area (Å²) in [5.74, 6) is 0. The molecule has 0 saturated heterocycles. The molecule has 0 heterocycles. The van der Waals surface area contributed by atoms with Crippen LogP contribution in [0.5, 0.6) is 0 Å². The van der Waals surface area contributed by atoms with Crippen LogP contribution < -0.4 is 0 Å². The van der Waals surface area contributed by atoms with Crippen LogP contribution in [0.25, 0.3) is 0 Å². The minimum atomic E-state index is -0.538. The highest BCUT2D eigenvalue weighted by atomic mass is 35.5. The van der Waals surface area contributed by atoms with Crippen molar-refractivity contribution in [3.8, 4) is 0 Å². The summed E-state index contributed by atoms with van der Waals surface area (Å²) in [5, 5.41) is 20.2. The molecule has 1 N–H and O–H groups in total. The number of nitro benzene ring substituents is 1. The number of nitro groups is 1. The normalized spacial score (nSPS) is 14.5. The Kier molecular flexibility index (Phi) is 4.58. The molecule has 0 aliphatic carbocycles. The Labute approximate surface area is 103 Å². The number of nitrogens with zero attached hydrogens (tertiary/aromatic N) is 1. The quantitative estimate of drug-likeness (QED) is 0.514. The van der Waals surface area contributed by atoms with E-state index in [4.69, 9.17) is 11.6 Å². The highest BCUT2D eigenvalue weighted by Crippen LogP contribution is 2.37. The zero-order valence-electron chi connectivity index (χ0n) is 8.88. The van der Waals surface area contributed by atoms with Gasteiger partial charge < -0.3 is 5.11 Å². The number of aliphatic hydroxyl groups is 1. The second-order valence-corrected chi connectivity index (χ2v) is 5.23. The molecule has 0 bridgehead atoms. The molecule has 0 aliphatic rings. The summed E-state index contributed by atoms with van der Waals surface area (Å²) >= 11 is 7.01. The Morgan fingerprint density at radius 2 is 2.12 bits per heavy atom. The van der Waals surface area contributed by atoms with Crippen LogP contribution in [0.1, 0.15) is 13.8 Å². The monoisotopic (exact) mass is 261 g/mol. The van der Waals surface area contributed by atoms with Crippen molar-refractivity contribution in [1.82, 2.24) is 0 Å². The Morgan fingerprint density at radius 3 is 2.62 bits per heavy atom. The number of para-hydroxylation sites is 1. The Morgan fingerprint density at radius 1 is 1.50 bits per heavy atom. The summed E-state index contributed by atoms with van der Waals surface area (Å²) in [6, 6.07) is 4.77. The van der Waals surface area contributed by atoms with Gasteiger partial charge in [-0.2, -0.15) is 0 Å². The fourth-order valence-corrected chi connectivity index (χ4v) is 2.42. The molecule has 4 nitrogen and oxygen atoms in total. The van der Waals surface area contributed by atoms with Gasteiger partial charge in [0.15, 0.2) is 0 Å². The lowest BCUT2D eigenvalue weighted by atomic mass is 10.3. The van der Waals surface area contributed by atoms with Crippen LogP contribution in [-0.4, -0.2) is 21.4 Å². The van der Waals surface area contributed by atoms with E-state index in [0.29, 0.717) is 4.90 Å². The van der Waals surface area contributed by atoms with Gasteiger partial charge in [0.05, 0.1) is 15.9 Å². The maximum Gasteiger partial charge on any atom is 0.301 e. The van der Waals surface area contributed by atoms with E-state index < -0.39 is 11.0 Å². The molecular formula is C10H12ClNO3S. The van der Waals surface area contributed by atoms with Gasteiger partial charge in [0.2, 0.25) is 0 Å². The van der Waals surface area contributed by atoms with E-state index in [2.05, 4.69) is 0 Å². The van der Waals surface area contributed by atoms with Crippen molar-refractivity contribution in [3.05, 3.63) is 33.3 Å². The molecule has 0 aliphatic heterocycles. The first-order valence-corrected chi connectivity index (χ1v) is 5.97. The molecule has 0 fully saturated rings. The van der Waals surface area contributed by atoms with Crippen molar-refractivity contribution < 1.29 is 10.0 Å². The molecular weight excluding hydrogens is 250 g/mol. The molecule has 2 unspecified atom stereocenters. The van der Waals surface area contributed by atoms with E-state index in [1.807, 2.05) is 0 Å². The van der Waals surface area contributed by atoms with Gasteiger partial charge in [-0.25, -0.2) is 0 Å². The summed E-state index contributed by atoms with van der Waals surface area (Å²) in [6.45, 7) is 3.45. The molecule has 16 heavy (non-hydrogen) atoms. The third-order valence-corrected chi connectivity index (χ3v) is 3.78. The lowest BCUT2D eigenvalue weighted by Gasteiger charge is -2.14. The second-order valence-electron chi connectivity index (χ2n) is 3.41. The maximum atomic E-state index is 10.8. The second kappa shape index (κ2) is 5.52. The van der Waals surface area contributed by atoms with Crippen LogP contribution >= 0.6 is 23.4 Å². The first-order valence-electron chi connectivity index (χ1n) is 4.71. The lowest BCUT2D eigenvalue weighted by Crippen LogP contribution is -2.15. The Hall–Kier alpha value is -0.780. The van der Waals surface area contributed by atoms with E-state index in [1.54, 1.807) is 26.0 Å². The van der Waals surface area contributed by atoms with Crippen LogP contribution in [0, 0.1) is 10.1 Å². The van der Waals surface area contributed by atoms with E-state index >= 15 is 0 Å². The first-order chi connectivity index (χ1) is 7.43. The predicted molar refractivity (Wildman–Crippen MR) is 65.1 cm³/mol. The third-order valence-electron chi connectivity index (χ3n) is 2.12. The zero-order chi connectivity index (χ0) is 12.3. The molecule has 88 valence electrons. The van der Waals surface area contributed by atoms with Crippen LogP contribution in [0.2, 0.25) is 5.02 Å². The summed E-state index contributed by atoms with van der Waals surface area (Å²) in [7, 11) is 0. The molecule has 2 atom stereocenters. The Bertz CT molecular complexity index is 398. The molecule has 0 saturated carbocycles. The van der Waals surface area contributed by atoms with Gasteiger partial charge in [-0.1, -0.05) is 24.6 Å². The van der Waals surface area contributed by atoms with E-state index in [0.717, 1.165) is 0 Å². The smallest absolute Gasteiger partial charge is 0.301 e. The van der Waals surface area contributed by atoms with Gasteiger partial charge in [0.1, 0.15) is 5.02 Å². The van der Waals surface area contributed by atoms with Gasteiger partial charge in [-0.05, 0) is 19.1 Å². The number of rotatable bonds is 4. The topological polar surface area (TPSA) is 63.4 Å². The minimum absolute atomic E-state index is 0.0957. The van der Waals surface area contributed by atoms with Crippen LogP contribution in [-0.2, 0) is 0 Å². The fraction of sp³-hybridized carbons (Fsp3) is 0.400. The summed E-state index contributed by atoms with van der Waals surface area (Å²) in [6.07, 6.45) is -0.538. The van der Waals surface area contributed by atoms with Gasteiger partial charge in [0.25, 0.3) is 0 Å². The van der Waals surface area contributed by atoms with Crippen molar-refractivity contribution in [2.24, 2.45) is 0 Å². The molecule has 1 aromatic rings. The van der Waals surface area contributed by atoms with Crippen molar-refractivity contribution in [2.75, 3.05) is 0 Å². The highest BCUT2D eigenvalue weighted by molar-refractivity contribution is 8.00. The lowest BCUT2D eigenvalue weighted by molar-refractivity contribution is -0.387. The molecule has 0 aromatic heterocycles. The van der Waals surface area contributed by atoms with Crippen molar-refractivity contribution in [2.45, 2.75) is 30.1 Å².